The van der Waals surface area contributed by atoms with Crippen LogP contribution in [0, 0.1) is 13.8 Å². The maximum atomic E-state index is 2.98. The first-order chi connectivity index (χ1) is 20.8. The van der Waals surface area contributed by atoms with E-state index < -0.39 is 0 Å². The Morgan fingerprint density at radius 1 is 0.362 bits per heavy atom. The van der Waals surface area contributed by atoms with Crippen molar-refractivity contribution in [2.45, 2.75) is 64.0 Å². The van der Waals surface area contributed by atoms with E-state index in [0.717, 1.165) is 0 Å². The molecule has 0 saturated carbocycles. The summed E-state index contributed by atoms with van der Waals surface area (Å²) in [6, 6.07) is 60.5. The number of rotatable bonds is 0. The number of benzene rings is 2. The number of aryl methyl sites for hydroxylation is 2. The summed E-state index contributed by atoms with van der Waals surface area (Å²) in [6.45, 7) is 17.0. The summed E-state index contributed by atoms with van der Waals surface area (Å²) in [6.07, 6.45) is 0. The van der Waals surface area contributed by atoms with Gasteiger partial charge in [-0.05, 0) is 13.8 Å². The summed E-state index contributed by atoms with van der Waals surface area (Å²) in [5.74, 6) is 0. The van der Waals surface area contributed by atoms with Crippen LogP contribution in [0.3, 0.4) is 0 Å². The molecule has 0 spiro atoms. The summed E-state index contributed by atoms with van der Waals surface area (Å²) < 4.78 is 0.750. The van der Waals surface area contributed by atoms with E-state index in [0.29, 0.717) is 8.63 Å². The molecule has 258 valence electrons. The van der Waals surface area contributed by atoms with E-state index in [-0.39, 0.29) is 50.2 Å². The van der Waals surface area contributed by atoms with E-state index in [1.165, 1.54) is 11.1 Å². The standard InChI is InChI=1S/2C7H8.4C5H5.2C4H10Se.2Nb.O/c2*1-7-5-3-2-4-6-7;4*1-2-4-5-3-1;2*1-4(2,3)5;;;/h2*2-6H,1H3;4*1-5H;2*5H,1-3H3;;;/q;;4*-1;;;;;-2/p-2. The van der Waals surface area contributed by atoms with Crippen molar-refractivity contribution >= 4 is 32.0 Å². The van der Waals surface area contributed by atoms with Gasteiger partial charge in [-0.25, -0.2) is 48.5 Å². The molecular weight excluding hydrogens is 864 g/mol. The van der Waals surface area contributed by atoms with E-state index in [2.05, 4.69) is 112 Å². The molecule has 0 aliphatic rings. The molecule has 0 aliphatic carbocycles. The minimum absolute atomic E-state index is 0. The van der Waals surface area contributed by atoms with Gasteiger partial charge in [-0.3, -0.25) is 0 Å². The van der Waals surface area contributed by atoms with Gasteiger partial charge in [0.2, 0.25) is 0 Å². The van der Waals surface area contributed by atoms with E-state index in [1.54, 1.807) is 0 Å². The van der Waals surface area contributed by atoms with Crippen molar-refractivity contribution in [3.05, 3.63) is 193 Å². The molecule has 5 heteroatoms. The van der Waals surface area contributed by atoms with Crippen molar-refractivity contribution in [3.63, 3.8) is 0 Å². The summed E-state index contributed by atoms with van der Waals surface area (Å²) in [7, 11) is 0. The van der Waals surface area contributed by atoms with Crippen LogP contribution in [0.4, 0.5) is 0 Å². The van der Waals surface area contributed by atoms with Gasteiger partial charge in [-0.15, -0.1) is 0 Å². The molecule has 0 amide bonds. The summed E-state index contributed by atoms with van der Waals surface area (Å²) >= 11 is 5.96. The minimum atomic E-state index is 0. The molecule has 0 unspecified atom stereocenters. The largest absolute Gasteiger partial charge is 2.00 e. The van der Waals surface area contributed by atoms with Gasteiger partial charge in [-0.2, -0.15) is 72.8 Å². The zero-order valence-electron chi connectivity index (χ0n) is 29.4. The van der Waals surface area contributed by atoms with Gasteiger partial charge in [0.05, 0.1) is 0 Å². The molecule has 0 saturated heterocycles. The first-order valence-electron chi connectivity index (χ1n) is 14.9. The van der Waals surface area contributed by atoms with Crippen molar-refractivity contribution in [1.29, 1.82) is 0 Å². The average Bonchev–Trinajstić information content (AvgIpc) is 3.80. The van der Waals surface area contributed by atoms with Crippen LogP contribution in [0.5, 0.6) is 0 Å². The van der Waals surface area contributed by atoms with Gasteiger partial charge in [0.15, 0.2) is 0 Å². The van der Waals surface area contributed by atoms with Crippen LogP contribution in [0.15, 0.2) is 182 Å². The molecular formula is C42H54Nb2OSe2-8. The molecule has 0 atom stereocenters. The van der Waals surface area contributed by atoms with Gasteiger partial charge in [-0.1, -0.05) is 71.8 Å². The van der Waals surface area contributed by atoms with Crippen molar-refractivity contribution in [3.8, 4) is 0 Å². The first-order valence-corrected chi connectivity index (χ1v) is 16.6. The fourth-order valence-corrected chi connectivity index (χ4v) is 2.35. The van der Waals surface area contributed by atoms with Gasteiger partial charge < -0.3 is 5.48 Å². The molecule has 0 bridgehead atoms. The summed E-state index contributed by atoms with van der Waals surface area (Å²) in [4.78, 5) is 0. The molecule has 0 fully saturated rings. The molecule has 0 N–H and O–H groups in total. The monoisotopic (exact) mass is 920 g/mol. The van der Waals surface area contributed by atoms with Gasteiger partial charge in [0.1, 0.15) is 0 Å². The normalized spacial score (nSPS) is 8.55. The van der Waals surface area contributed by atoms with Crippen LogP contribution >= 0.6 is 0 Å². The van der Waals surface area contributed by atoms with Crippen molar-refractivity contribution < 1.29 is 50.2 Å². The van der Waals surface area contributed by atoms with Crippen LogP contribution < -0.4 is 0 Å². The van der Waals surface area contributed by atoms with Crippen LogP contribution in [0.2, 0.25) is 8.63 Å². The molecule has 0 aromatic heterocycles. The van der Waals surface area contributed by atoms with Crippen LogP contribution in [0.25, 0.3) is 0 Å². The molecule has 0 heterocycles. The smallest absolute Gasteiger partial charge is 0 e. The molecule has 6 aromatic rings. The van der Waals surface area contributed by atoms with Gasteiger partial charge in [0, 0.05) is 44.8 Å². The Balaban J connectivity index is -0.000000142. The minimum Gasteiger partial charge on any atom is -2.00 e. The van der Waals surface area contributed by atoms with Gasteiger partial charge in [0.25, 0.3) is 0 Å². The second kappa shape index (κ2) is 38.8. The molecule has 1 nitrogen and oxygen atoms in total. The number of hydrogen-bond acceptors (Lipinski definition) is 0. The zero-order valence-corrected chi connectivity index (χ0v) is 37.3. The van der Waals surface area contributed by atoms with Gasteiger partial charge >= 0.3 is 82.2 Å². The maximum absolute atomic E-state index is 2.98. The van der Waals surface area contributed by atoms with Crippen LogP contribution in [-0.2, 0) is 50.2 Å². The van der Waals surface area contributed by atoms with E-state index >= 15 is 0 Å². The third kappa shape index (κ3) is 67.4. The molecule has 6 rings (SSSR count). The molecule has 0 aliphatic heterocycles. The Kier molecular flexibility index (Phi) is 45.2. The Labute approximate surface area is 336 Å². The van der Waals surface area contributed by atoms with Crippen LogP contribution in [0.1, 0.15) is 52.7 Å². The SMILES string of the molecule is CC(C)(C)[Se-].CC(C)(C)[Se-].Cc1ccccc1.Cc1ccccc1.[Nb].[Nb].[O-2].c1cc[cH-]c1.c1cc[cH-]c1.c1cc[cH-]c1.c1cc[cH-]c1. The van der Waals surface area contributed by atoms with E-state index in [4.69, 9.17) is 0 Å². The average molecular weight is 919 g/mol. The summed E-state index contributed by atoms with van der Waals surface area (Å²) in [5, 5.41) is 0. The summed E-state index contributed by atoms with van der Waals surface area (Å²) in [5.41, 5.74) is 2.64. The second-order valence-corrected chi connectivity index (χ2v) is 16.5. The Morgan fingerprint density at radius 2 is 0.511 bits per heavy atom. The topological polar surface area (TPSA) is 28.5 Å². The zero-order chi connectivity index (χ0) is 33.4. The van der Waals surface area contributed by atoms with E-state index in [1.807, 2.05) is 158 Å². The van der Waals surface area contributed by atoms with E-state index in [9.17, 15) is 0 Å². The predicted octanol–water partition coefficient (Wildman–Crippen LogP) is 12.2. The Morgan fingerprint density at radius 3 is 0.574 bits per heavy atom. The van der Waals surface area contributed by atoms with Crippen LogP contribution in [-0.4, -0.2) is 32.0 Å². The number of hydrogen-bond donors (Lipinski definition) is 0. The quantitative estimate of drug-likeness (QED) is 0.107. The molecule has 47 heavy (non-hydrogen) atoms. The maximum Gasteiger partial charge on any atom is 0 e. The first kappa shape index (κ1) is 54.8. The molecule has 2 radical (unpaired) electrons. The third-order valence-electron chi connectivity index (χ3n) is 4.10. The second-order valence-electron chi connectivity index (χ2n) is 11.4. The third-order valence-corrected chi connectivity index (χ3v) is 4.10. The fraction of sp³-hybridized carbons (Fsp3) is 0.238. The predicted molar refractivity (Wildman–Crippen MR) is 202 cm³/mol. The Bertz CT molecular complexity index is 985. The van der Waals surface area contributed by atoms with Crippen molar-refractivity contribution in [1.82, 2.24) is 0 Å². The fourth-order valence-electron chi connectivity index (χ4n) is 2.35. The van der Waals surface area contributed by atoms with Crippen molar-refractivity contribution in [2.75, 3.05) is 0 Å². The van der Waals surface area contributed by atoms with Crippen molar-refractivity contribution in [2.24, 2.45) is 0 Å². The molecule has 6 aromatic carbocycles. The Hall–Kier alpha value is -1.68.